The molecule has 0 saturated heterocycles. The van der Waals surface area contributed by atoms with E-state index in [-0.39, 0.29) is 0 Å². The van der Waals surface area contributed by atoms with Gasteiger partial charge >= 0.3 is 0 Å². The van der Waals surface area contributed by atoms with Gasteiger partial charge in [-0.05, 0) is 24.6 Å². The van der Waals surface area contributed by atoms with E-state index < -0.39 is 0 Å². The predicted octanol–water partition coefficient (Wildman–Crippen LogP) is 2.75. The molecule has 0 unspecified atom stereocenters. The van der Waals surface area contributed by atoms with Crippen molar-refractivity contribution in [1.82, 2.24) is 0 Å². The average Bonchev–Trinajstić information content (AvgIpc) is 2.46. The van der Waals surface area contributed by atoms with E-state index in [1.807, 2.05) is 27.9 Å². The van der Waals surface area contributed by atoms with Crippen LogP contribution in [-0.2, 0) is 4.94 Å². The summed E-state index contributed by atoms with van der Waals surface area (Å²) >= 11 is 0. The molecule has 0 bridgehead atoms. The summed E-state index contributed by atoms with van der Waals surface area (Å²) in [6.07, 6.45) is 0. The number of rotatable bonds is 0. The summed E-state index contributed by atoms with van der Waals surface area (Å²) in [4.78, 5) is 5.35. The fraction of sp³-hybridized carbons (Fsp3) is 0.455. The topological polar surface area (TPSA) is 15.7 Å². The Bertz CT molecular complexity index is 312. The maximum Gasteiger partial charge on any atom is 0.0918 e. The second-order valence-electron chi connectivity index (χ2n) is 3.07. The molecule has 0 atom stereocenters. The molecular weight excluding hydrogens is 176 g/mol. The lowest BCUT2D eigenvalue weighted by atomic mass is 10.2. The molecule has 0 fully saturated rings. The third kappa shape index (κ3) is 1.82. The molecular formula is C11H18N2O. The second-order valence-corrected chi connectivity index (χ2v) is 3.07. The Labute approximate surface area is 85.8 Å². The van der Waals surface area contributed by atoms with Crippen molar-refractivity contribution in [2.75, 3.05) is 24.2 Å². The van der Waals surface area contributed by atoms with Crippen LogP contribution < -0.4 is 10.1 Å². The number of hydrogen-bond acceptors (Lipinski definition) is 3. The number of fused-ring (bicyclic) bond motifs is 1. The average molecular weight is 194 g/mol. The Hall–Kier alpha value is -1.22. The summed E-state index contributed by atoms with van der Waals surface area (Å²) < 4.78 is 0. The Morgan fingerprint density at radius 1 is 1.00 bits per heavy atom. The van der Waals surface area contributed by atoms with Gasteiger partial charge in [0.25, 0.3) is 0 Å². The lowest BCUT2D eigenvalue weighted by Crippen LogP contribution is -2.20. The Balaban J connectivity index is 0.000000461. The summed E-state index contributed by atoms with van der Waals surface area (Å²) in [5.41, 5.74) is 3.49. The molecule has 0 amide bonds. The van der Waals surface area contributed by atoms with Gasteiger partial charge in [-0.25, -0.2) is 10.1 Å². The molecule has 0 saturated carbocycles. The van der Waals surface area contributed by atoms with Gasteiger partial charge < -0.3 is 0 Å². The summed E-state index contributed by atoms with van der Waals surface area (Å²) in [7, 11) is 3.80. The largest absolute Gasteiger partial charge is 0.230 e. The minimum Gasteiger partial charge on any atom is -0.230 e. The molecule has 3 nitrogen and oxygen atoms in total. The first kappa shape index (κ1) is 10.9. The molecule has 0 spiro atoms. The number of anilines is 2. The zero-order chi connectivity index (χ0) is 10.7. The smallest absolute Gasteiger partial charge is 0.0918 e. The highest BCUT2D eigenvalue weighted by atomic mass is 16.8. The van der Waals surface area contributed by atoms with Crippen LogP contribution in [-0.4, -0.2) is 14.1 Å². The normalized spacial score (nSPS) is 13.5. The van der Waals surface area contributed by atoms with Crippen LogP contribution in [0.15, 0.2) is 18.2 Å². The van der Waals surface area contributed by atoms with Crippen molar-refractivity contribution in [3.63, 3.8) is 0 Å². The van der Waals surface area contributed by atoms with Crippen molar-refractivity contribution < 1.29 is 4.94 Å². The SMILES string of the molecule is CC.Cc1ccc2c(c1)N(C)ON2C. The van der Waals surface area contributed by atoms with Gasteiger partial charge in [0.05, 0.1) is 11.4 Å². The van der Waals surface area contributed by atoms with Crippen LogP contribution in [0.2, 0.25) is 0 Å². The number of benzene rings is 1. The van der Waals surface area contributed by atoms with E-state index in [0.717, 1.165) is 11.4 Å². The highest BCUT2D eigenvalue weighted by molar-refractivity contribution is 5.72. The summed E-state index contributed by atoms with van der Waals surface area (Å²) in [6, 6.07) is 6.25. The van der Waals surface area contributed by atoms with Crippen LogP contribution in [0.4, 0.5) is 11.4 Å². The van der Waals surface area contributed by atoms with Crippen molar-refractivity contribution >= 4 is 11.4 Å². The van der Waals surface area contributed by atoms with Crippen molar-refractivity contribution in [3.05, 3.63) is 23.8 Å². The second kappa shape index (κ2) is 4.33. The fourth-order valence-electron chi connectivity index (χ4n) is 1.42. The van der Waals surface area contributed by atoms with E-state index in [0.29, 0.717) is 0 Å². The first-order valence-corrected chi connectivity index (χ1v) is 4.94. The van der Waals surface area contributed by atoms with E-state index in [2.05, 4.69) is 25.1 Å². The molecule has 14 heavy (non-hydrogen) atoms. The monoisotopic (exact) mass is 194 g/mol. The number of hydroxylamine groups is 2. The maximum atomic E-state index is 5.35. The Morgan fingerprint density at radius 2 is 1.57 bits per heavy atom. The fourth-order valence-corrected chi connectivity index (χ4v) is 1.42. The highest BCUT2D eigenvalue weighted by Crippen LogP contribution is 2.34. The molecule has 1 aromatic rings. The van der Waals surface area contributed by atoms with Gasteiger partial charge in [0.1, 0.15) is 0 Å². The van der Waals surface area contributed by atoms with Crippen LogP contribution in [0.1, 0.15) is 19.4 Å². The van der Waals surface area contributed by atoms with E-state index in [1.54, 1.807) is 10.1 Å². The molecule has 0 aromatic heterocycles. The Kier molecular flexibility index (Phi) is 3.36. The number of aryl methyl sites for hydroxylation is 1. The van der Waals surface area contributed by atoms with Crippen molar-refractivity contribution in [3.8, 4) is 0 Å². The van der Waals surface area contributed by atoms with Gasteiger partial charge in [0.15, 0.2) is 0 Å². The van der Waals surface area contributed by atoms with E-state index in [9.17, 15) is 0 Å². The molecule has 2 rings (SSSR count). The number of hydrogen-bond donors (Lipinski definition) is 0. The molecule has 0 aliphatic carbocycles. The van der Waals surface area contributed by atoms with E-state index >= 15 is 0 Å². The van der Waals surface area contributed by atoms with Crippen LogP contribution in [0.3, 0.4) is 0 Å². The summed E-state index contributed by atoms with van der Waals surface area (Å²) in [5, 5.41) is 3.52. The molecule has 1 heterocycles. The summed E-state index contributed by atoms with van der Waals surface area (Å²) in [6.45, 7) is 6.08. The molecule has 1 aliphatic heterocycles. The molecule has 78 valence electrons. The van der Waals surface area contributed by atoms with Crippen LogP contribution in [0, 0.1) is 6.92 Å². The Morgan fingerprint density at radius 3 is 2.21 bits per heavy atom. The maximum absolute atomic E-state index is 5.35. The van der Waals surface area contributed by atoms with Gasteiger partial charge in [0.2, 0.25) is 0 Å². The van der Waals surface area contributed by atoms with Crippen molar-refractivity contribution in [2.24, 2.45) is 0 Å². The third-order valence-corrected chi connectivity index (χ3v) is 2.05. The molecule has 0 N–H and O–H groups in total. The van der Waals surface area contributed by atoms with Crippen LogP contribution in [0.25, 0.3) is 0 Å². The van der Waals surface area contributed by atoms with Gasteiger partial charge in [-0.2, -0.15) is 4.94 Å². The third-order valence-electron chi connectivity index (χ3n) is 2.05. The van der Waals surface area contributed by atoms with Gasteiger partial charge in [-0.1, -0.05) is 19.9 Å². The quantitative estimate of drug-likeness (QED) is 0.631. The van der Waals surface area contributed by atoms with Crippen molar-refractivity contribution in [1.29, 1.82) is 0 Å². The van der Waals surface area contributed by atoms with E-state index in [1.165, 1.54) is 5.56 Å². The lowest BCUT2D eigenvalue weighted by molar-refractivity contribution is 0.129. The first-order chi connectivity index (χ1) is 6.68. The minimum atomic E-state index is 1.11. The lowest BCUT2D eigenvalue weighted by Gasteiger charge is -2.10. The first-order valence-electron chi connectivity index (χ1n) is 4.94. The minimum absolute atomic E-state index is 1.11. The van der Waals surface area contributed by atoms with Gasteiger partial charge in [-0.3, -0.25) is 0 Å². The van der Waals surface area contributed by atoms with E-state index in [4.69, 9.17) is 4.94 Å². The summed E-state index contributed by atoms with van der Waals surface area (Å²) in [5.74, 6) is 0. The van der Waals surface area contributed by atoms with Gasteiger partial charge in [0, 0.05) is 14.1 Å². The standard InChI is InChI=1S/C9H12N2O.C2H6/c1-7-4-5-8-9(6-7)11(3)12-10(8)2;1-2/h4-6H,1-3H3;1-2H3. The molecule has 0 radical (unpaired) electrons. The predicted molar refractivity (Wildman–Crippen MR) is 60.4 cm³/mol. The zero-order valence-electron chi connectivity index (χ0n) is 9.53. The van der Waals surface area contributed by atoms with Crippen LogP contribution >= 0.6 is 0 Å². The zero-order valence-corrected chi connectivity index (χ0v) is 9.53. The van der Waals surface area contributed by atoms with Gasteiger partial charge in [-0.15, -0.1) is 0 Å². The van der Waals surface area contributed by atoms with Crippen LogP contribution in [0.5, 0.6) is 0 Å². The molecule has 3 heteroatoms. The van der Waals surface area contributed by atoms with Crippen molar-refractivity contribution in [2.45, 2.75) is 20.8 Å². The highest BCUT2D eigenvalue weighted by Gasteiger charge is 2.21. The molecule has 1 aromatic carbocycles. The molecule has 1 aliphatic rings. The number of nitrogens with zero attached hydrogens (tertiary/aromatic N) is 2.